The zero-order chi connectivity index (χ0) is 17.1. The van der Waals surface area contributed by atoms with Crippen molar-refractivity contribution >= 4 is 46.7 Å². The first-order valence-electron chi connectivity index (χ1n) is 7.13. The molecule has 0 fully saturated rings. The minimum Gasteiger partial charge on any atom is -0.493 e. The molecule has 0 saturated carbocycles. The van der Waals surface area contributed by atoms with Crippen LogP contribution in [0.3, 0.4) is 0 Å². The van der Waals surface area contributed by atoms with E-state index in [4.69, 9.17) is 16.3 Å². The number of aromatic nitrogens is 1. The van der Waals surface area contributed by atoms with E-state index in [1.165, 1.54) is 18.9 Å². The highest BCUT2D eigenvalue weighted by atomic mass is 35.5. The first kappa shape index (κ1) is 16.6. The summed E-state index contributed by atoms with van der Waals surface area (Å²) >= 11 is 7.26. The summed E-state index contributed by atoms with van der Waals surface area (Å²) in [7, 11) is 1.50. The Kier molecular flexibility index (Phi) is 4.92. The average Bonchev–Trinajstić information content (AvgIpc) is 2.56. The number of anilines is 2. The van der Waals surface area contributed by atoms with E-state index in [2.05, 4.69) is 15.6 Å². The molecule has 3 rings (SSSR count). The van der Waals surface area contributed by atoms with Crippen LogP contribution in [0.4, 0.5) is 11.5 Å². The van der Waals surface area contributed by atoms with E-state index in [1.807, 2.05) is 6.07 Å². The van der Waals surface area contributed by atoms with E-state index in [1.54, 1.807) is 30.5 Å². The van der Waals surface area contributed by atoms with Crippen molar-refractivity contribution in [1.82, 2.24) is 4.98 Å². The number of carbonyl (C=O) groups excluding carboxylic acids is 2. The molecule has 2 N–H and O–H groups in total. The maximum Gasteiger partial charge on any atom is 0.238 e. The molecule has 24 heavy (non-hydrogen) atoms. The zero-order valence-corrected chi connectivity index (χ0v) is 14.3. The van der Waals surface area contributed by atoms with E-state index in [0.29, 0.717) is 22.3 Å². The Balaban J connectivity index is 1.68. The van der Waals surface area contributed by atoms with E-state index in [-0.39, 0.29) is 18.2 Å². The number of halogens is 1. The number of hydrogen-bond donors (Lipinski definition) is 2. The van der Waals surface area contributed by atoms with Crippen LogP contribution in [-0.2, 0) is 9.59 Å². The number of pyridine rings is 1. The van der Waals surface area contributed by atoms with Crippen molar-refractivity contribution in [1.29, 1.82) is 0 Å². The fourth-order valence-electron chi connectivity index (χ4n) is 2.26. The molecule has 1 aliphatic heterocycles. The molecule has 0 spiro atoms. The van der Waals surface area contributed by atoms with Crippen molar-refractivity contribution in [2.24, 2.45) is 0 Å². The summed E-state index contributed by atoms with van der Waals surface area (Å²) in [6, 6.07) is 8.68. The Morgan fingerprint density at radius 1 is 1.46 bits per heavy atom. The number of rotatable bonds is 4. The Bertz CT molecular complexity index is 800. The summed E-state index contributed by atoms with van der Waals surface area (Å²) in [6.07, 6.45) is 1.58. The molecule has 0 aliphatic carbocycles. The molecule has 1 aliphatic rings. The summed E-state index contributed by atoms with van der Waals surface area (Å²) < 4.78 is 5.14. The number of methoxy groups -OCH3 is 1. The highest BCUT2D eigenvalue weighted by Crippen LogP contribution is 2.38. The average molecular weight is 364 g/mol. The molecule has 2 heterocycles. The molecule has 6 nitrogen and oxygen atoms in total. The van der Waals surface area contributed by atoms with Crippen LogP contribution in [0.15, 0.2) is 41.4 Å². The highest BCUT2D eigenvalue weighted by Gasteiger charge is 2.29. The van der Waals surface area contributed by atoms with Crippen molar-refractivity contribution in [3.63, 3.8) is 0 Å². The Morgan fingerprint density at radius 3 is 3.08 bits per heavy atom. The topological polar surface area (TPSA) is 80.3 Å². The lowest BCUT2D eigenvalue weighted by atomic mass is 10.2. The predicted molar refractivity (Wildman–Crippen MR) is 93.8 cm³/mol. The molecule has 1 aromatic carbocycles. The molecular formula is C16H14ClN3O3S. The second-order valence-corrected chi connectivity index (χ2v) is 6.72. The number of thioether (sulfide) groups is 1. The monoisotopic (exact) mass is 363 g/mol. The van der Waals surface area contributed by atoms with Gasteiger partial charge in [0.1, 0.15) is 0 Å². The normalized spacial score (nSPS) is 16.1. The standard InChI is InChI=1S/C16H14ClN3O3S/c1-23-11-3-2-6-18-15(11)20-14(21)8-13-16(22)19-10-7-9(17)4-5-12(10)24-13/h2-7,13H,8H2,1H3,(H,19,22)(H,18,20,21). The van der Waals surface area contributed by atoms with Crippen molar-refractivity contribution in [2.75, 3.05) is 17.7 Å². The number of nitrogens with zero attached hydrogens (tertiary/aromatic N) is 1. The van der Waals surface area contributed by atoms with Crippen LogP contribution < -0.4 is 15.4 Å². The molecular weight excluding hydrogens is 350 g/mol. The third kappa shape index (κ3) is 3.63. The minimum absolute atomic E-state index is 0.0261. The van der Waals surface area contributed by atoms with Crippen LogP contribution in [0.25, 0.3) is 0 Å². The zero-order valence-electron chi connectivity index (χ0n) is 12.7. The number of amides is 2. The third-order valence-electron chi connectivity index (χ3n) is 3.38. The lowest BCUT2D eigenvalue weighted by Gasteiger charge is -2.23. The van der Waals surface area contributed by atoms with Gasteiger partial charge < -0.3 is 15.4 Å². The van der Waals surface area contributed by atoms with E-state index >= 15 is 0 Å². The number of fused-ring (bicyclic) bond motifs is 1. The quantitative estimate of drug-likeness (QED) is 0.872. The van der Waals surface area contributed by atoms with Crippen molar-refractivity contribution < 1.29 is 14.3 Å². The van der Waals surface area contributed by atoms with Gasteiger partial charge in [-0.2, -0.15) is 0 Å². The van der Waals surface area contributed by atoms with Crippen LogP contribution in [-0.4, -0.2) is 29.2 Å². The van der Waals surface area contributed by atoms with Gasteiger partial charge in [-0.3, -0.25) is 9.59 Å². The lowest BCUT2D eigenvalue weighted by Crippen LogP contribution is -2.32. The Labute approximate surface area is 147 Å². The summed E-state index contributed by atoms with van der Waals surface area (Å²) in [5.41, 5.74) is 0.667. The molecule has 2 amide bonds. The number of ether oxygens (including phenoxy) is 1. The van der Waals surface area contributed by atoms with Gasteiger partial charge in [0.25, 0.3) is 0 Å². The molecule has 124 valence electrons. The number of carbonyl (C=O) groups is 2. The smallest absolute Gasteiger partial charge is 0.238 e. The van der Waals surface area contributed by atoms with Crippen molar-refractivity contribution in [3.8, 4) is 5.75 Å². The molecule has 1 aromatic heterocycles. The summed E-state index contributed by atoms with van der Waals surface area (Å²) in [5, 5.41) is 5.48. The highest BCUT2D eigenvalue weighted by molar-refractivity contribution is 8.01. The van der Waals surface area contributed by atoms with Crippen LogP contribution in [0, 0.1) is 0 Å². The lowest BCUT2D eigenvalue weighted by molar-refractivity contribution is -0.120. The second-order valence-electron chi connectivity index (χ2n) is 5.04. The van der Waals surface area contributed by atoms with Crippen molar-refractivity contribution in [3.05, 3.63) is 41.6 Å². The van der Waals surface area contributed by atoms with Gasteiger partial charge in [-0.15, -0.1) is 11.8 Å². The Morgan fingerprint density at radius 2 is 2.29 bits per heavy atom. The molecule has 8 heteroatoms. The predicted octanol–water partition coefficient (Wildman–Crippen LogP) is 3.19. The van der Waals surface area contributed by atoms with E-state index < -0.39 is 5.25 Å². The number of nitrogens with one attached hydrogen (secondary N) is 2. The molecule has 2 aromatic rings. The van der Waals surface area contributed by atoms with Crippen LogP contribution >= 0.6 is 23.4 Å². The van der Waals surface area contributed by atoms with Crippen LogP contribution in [0.1, 0.15) is 6.42 Å². The molecule has 1 unspecified atom stereocenters. The molecule has 0 saturated heterocycles. The number of hydrogen-bond acceptors (Lipinski definition) is 5. The SMILES string of the molecule is COc1cccnc1NC(=O)CC1Sc2ccc(Cl)cc2NC1=O. The first-order valence-corrected chi connectivity index (χ1v) is 8.38. The molecule has 1 atom stereocenters. The number of benzene rings is 1. The fourth-order valence-corrected chi connectivity index (χ4v) is 3.52. The van der Waals surface area contributed by atoms with Gasteiger partial charge in [-0.05, 0) is 30.3 Å². The van der Waals surface area contributed by atoms with E-state index in [9.17, 15) is 9.59 Å². The fraction of sp³-hybridized carbons (Fsp3) is 0.188. The summed E-state index contributed by atoms with van der Waals surface area (Å²) in [4.78, 5) is 29.4. The largest absolute Gasteiger partial charge is 0.493 e. The maximum atomic E-state index is 12.2. The maximum absolute atomic E-state index is 12.2. The Hall–Kier alpha value is -2.25. The second kappa shape index (κ2) is 7.11. The van der Waals surface area contributed by atoms with Crippen LogP contribution in [0.5, 0.6) is 5.75 Å². The van der Waals surface area contributed by atoms with Gasteiger partial charge in [-0.25, -0.2) is 4.98 Å². The third-order valence-corrected chi connectivity index (χ3v) is 4.89. The minimum atomic E-state index is -0.520. The van der Waals surface area contributed by atoms with Crippen LogP contribution in [0.2, 0.25) is 5.02 Å². The van der Waals surface area contributed by atoms with Crippen molar-refractivity contribution in [2.45, 2.75) is 16.6 Å². The summed E-state index contributed by atoms with van der Waals surface area (Å²) in [5.74, 6) is 0.264. The first-order chi connectivity index (χ1) is 11.6. The molecule has 0 bridgehead atoms. The van der Waals surface area contributed by atoms with Gasteiger partial charge >= 0.3 is 0 Å². The van der Waals surface area contributed by atoms with Gasteiger partial charge in [0.05, 0.1) is 18.0 Å². The van der Waals surface area contributed by atoms with Gasteiger partial charge in [0.2, 0.25) is 11.8 Å². The summed E-state index contributed by atoms with van der Waals surface area (Å²) in [6.45, 7) is 0. The van der Waals surface area contributed by atoms with Gasteiger partial charge in [0.15, 0.2) is 11.6 Å². The molecule has 0 radical (unpaired) electrons. The van der Waals surface area contributed by atoms with Gasteiger partial charge in [-0.1, -0.05) is 11.6 Å². The van der Waals surface area contributed by atoms with E-state index in [0.717, 1.165) is 4.90 Å². The van der Waals surface area contributed by atoms with Gasteiger partial charge in [0, 0.05) is 22.5 Å².